The van der Waals surface area contributed by atoms with Crippen molar-refractivity contribution >= 4 is 56.6 Å². The van der Waals surface area contributed by atoms with Crippen molar-refractivity contribution in [3.63, 3.8) is 0 Å². The third-order valence-electron chi connectivity index (χ3n) is 6.73. The topological polar surface area (TPSA) is 108 Å². The molecular formula is C28H24N6O3S. The second-order valence-corrected chi connectivity index (χ2v) is 10.1. The number of benzene rings is 1. The van der Waals surface area contributed by atoms with Gasteiger partial charge in [0.25, 0.3) is 5.91 Å². The molecule has 0 spiro atoms. The van der Waals surface area contributed by atoms with Crippen LogP contribution in [-0.2, 0) is 4.79 Å². The number of urea groups is 1. The summed E-state index contributed by atoms with van der Waals surface area (Å²) < 4.78 is 0. The zero-order valence-corrected chi connectivity index (χ0v) is 21.2. The van der Waals surface area contributed by atoms with Crippen molar-refractivity contribution in [2.24, 2.45) is 0 Å². The number of carbonyl (C=O) groups excluding carboxylic acids is 3. The molecule has 1 saturated heterocycles. The Morgan fingerprint density at radius 2 is 1.97 bits per heavy atom. The van der Waals surface area contributed by atoms with E-state index in [0.717, 1.165) is 24.1 Å². The first-order valence-corrected chi connectivity index (χ1v) is 13.1. The Kier molecular flexibility index (Phi) is 6.09. The van der Waals surface area contributed by atoms with Crippen molar-refractivity contribution in [2.75, 3.05) is 23.3 Å². The molecule has 3 aromatic heterocycles. The van der Waals surface area contributed by atoms with Gasteiger partial charge < -0.3 is 15.5 Å². The predicted octanol–water partition coefficient (Wildman–Crippen LogP) is 4.95. The van der Waals surface area contributed by atoms with Gasteiger partial charge in [-0.25, -0.2) is 19.7 Å². The van der Waals surface area contributed by atoms with Crippen LogP contribution in [0.4, 0.5) is 22.0 Å². The summed E-state index contributed by atoms with van der Waals surface area (Å²) >= 11 is 1.23. The van der Waals surface area contributed by atoms with Gasteiger partial charge in [-0.15, -0.1) is 11.3 Å². The molecule has 10 heteroatoms. The van der Waals surface area contributed by atoms with E-state index in [1.807, 2.05) is 42.5 Å². The van der Waals surface area contributed by atoms with E-state index in [-0.39, 0.29) is 17.9 Å². The van der Waals surface area contributed by atoms with Crippen LogP contribution in [0.2, 0.25) is 0 Å². The molecule has 2 N–H and O–H groups in total. The second-order valence-electron chi connectivity index (χ2n) is 9.13. The Morgan fingerprint density at radius 3 is 2.79 bits per heavy atom. The van der Waals surface area contributed by atoms with E-state index in [0.29, 0.717) is 45.4 Å². The molecule has 190 valence electrons. The maximum absolute atomic E-state index is 13.4. The van der Waals surface area contributed by atoms with Crippen molar-refractivity contribution < 1.29 is 14.4 Å². The van der Waals surface area contributed by atoms with E-state index < -0.39 is 6.03 Å². The highest BCUT2D eigenvalue weighted by Crippen LogP contribution is 2.45. The largest absolute Gasteiger partial charge is 0.347 e. The summed E-state index contributed by atoms with van der Waals surface area (Å²) in [4.78, 5) is 52.3. The monoisotopic (exact) mass is 524 g/mol. The van der Waals surface area contributed by atoms with E-state index in [4.69, 9.17) is 4.98 Å². The smallest absolute Gasteiger partial charge is 0.332 e. The van der Waals surface area contributed by atoms with E-state index in [1.54, 1.807) is 23.2 Å². The van der Waals surface area contributed by atoms with Gasteiger partial charge >= 0.3 is 6.03 Å². The van der Waals surface area contributed by atoms with Gasteiger partial charge in [0, 0.05) is 30.9 Å². The second kappa shape index (κ2) is 9.71. The van der Waals surface area contributed by atoms with Crippen LogP contribution in [-0.4, -0.2) is 51.8 Å². The Bertz CT molecular complexity index is 1580. The quantitative estimate of drug-likeness (QED) is 0.359. The Morgan fingerprint density at radius 1 is 1.13 bits per heavy atom. The summed E-state index contributed by atoms with van der Waals surface area (Å²) in [6, 6.07) is 16.5. The third-order valence-corrected chi connectivity index (χ3v) is 7.82. The number of amides is 4. The number of pyridine rings is 2. The van der Waals surface area contributed by atoms with Gasteiger partial charge in [0.05, 0.1) is 22.5 Å². The molecule has 1 atom stereocenters. The summed E-state index contributed by atoms with van der Waals surface area (Å²) in [7, 11) is 0. The minimum Gasteiger partial charge on any atom is -0.347 e. The first-order valence-electron chi connectivity index (χ1n) is 12.3. The van der Waals surface area contributed by atoms with E-state index >= 15 is 0 Å². The first-order chi connectivity index (χ1) is 18.5. The molecule has 2 aliphatic rings. The minimum atomic E-state index is -0.407. The molecular weight excluding hydrogens is 500 g/mol. The fourth-order valence-electron chi connectivity index (χ4n) is 4.96. The van der Waals surface area contributed by atoms with Crippen LogP contribution >= 0.6 is 11.3 Å². The van der Waals surface area contributed by atoms with Gasteiger partial charge in [0.2, 0.25) is 5.91 Å². The van der Waals surface area contributed by atoms with Crippen LogP contribution in [0, 0.1) is 0 Å². The normalized spacial score (nSPS) is 16.7. The molecule has 0 saturated carbocycles. The predicted molar refractivity (Wildman–Crippen MR) is 148 cm³/mol. The molecule has 1 fully saturated rings. The van der Waals surface area contributed by atoms with Crippen molar-refractivity contribution in [2.45, 2.75) is 18.9 Å². The molecule has 9 nitrogen and oxygen atoms in total. The van der Waals surface area contributed by atoms with Gasteiger partial charge in [-0.3, -0.25) is 9.59 Å². The van der Waals surface area contributed by atoms with E-state index in [2.05, 4.69) is 22.2 Å². The van der Waals surface area contributed by atoms with Crippen LogP contribution in [0.5, 0.6) is 0 Å². The highest BCUT2D eigenvalue weighted by molar-refractivity contribution is 7.21. The molecule has 6 rings (SSSR count). The zero-order valence-electron chi connectivity index (χ0n) is 20.4. The third kappa shape index (κ3) is 4.18. The molecule has 0 radical (unpaired) electrons. The number of hydrogen-bond acceptors (Lipinski definition) is 6. The minimum absolute atomic E-state index is 0.146. The molecule has 1 aromatic carbocycles. The van der Waals surface area contributed by atoms with Gasteiger partial charge in [0.1, 0.15) is 15.5 Å². The number of nitrogens with one attached hydrogen (secondary N) is 2. The van der Waals surface area contributed by atoms with Crippen LogP contribution in [0.15, 0.2) is 73.4 Å². The van der Waals surface area contributed by atoms with Gasteiger partial charge in [-0.2, -0.15) is 0 Å². The van der Waals surface area contributed by atoms with Crippen molar-refractivity contribution in [1.29, 1.82) is 0 Å². The zero-order chi connectivity index (χ0) is 26.2. The molecule has 0 aliphatic carbocycles. The average Bonchev–Trinajstić information content (AvgIpc) is 3.33. The Hall–Kier alpha value is -4.57. The van der Waals surface area contributed by atoms with Gasteiger partial charge in [-0.05, 0) is 37.1 Å². The fraction of sp³-hybridized carbons (Fsp3) is 0.179. The average molecular weight is 525 g/mol. The van der Waals surface area contributed by atoms with E-state index in [9.17, 15) is 14.4 Å². The SMILES string of the molecule is C=CC(=O)N1CCC[C@@H](NC(=O)c2sc3nccc4c3c2NC(=O)N4c2cccc(-c3ccccc3)n2)C1. The summed E-state index contributed by atoms with van der Waals surface area (Å²) in [6.45, 7) is 4.62. The number of anilines is 3. The highest BCUT2D eigenvalue weighted by atomic mass is 32.1. The molecule has 4 aromatic rings. The van der Waals surface area contributed by atoms with Crippen molar-refractivity contribution in [3.8, 4) is 11.3 Å². The molecule has 2 aliphatic heterocycles. The number of piperidine rings is 1. The lowest BCUT2D eigenvalue weighted by molar-refractivity contribution is -0.127. The van der Waals surface area contributed by atoms with Crippen LogP contribution in [0.1, 0.15) is 22.5 Å². The Labute approximate surface area is 222 Å². The number of hydrogen-bond donors (Lipinski definition) is 2. The summed E-state index contributed by atoms with van der Waals surface area (Å²) in [5.41, 5.74) is 2.75. The van der Waals surface area contributed by atoms with Crippen molar-refractivity contribution in [3.05, 3.63) is 78.3 Å². The van der Waals surface area contributed by atoms with Crippen LogP contribution < -0.4 is 15.5 Å². The maximum atomic E-state index is 13.4. The van der Waals surface area contributed by atoms with Gasteiger partial charge in [0.15, 0.2) is 0 Å². The molecule has 5 heterocycles. The molecule has 0 bridgehead atoms. The van der Waals surface area contributed by atoms with Gasteiger partial charge in [-0.1, -0.05) is 43.0 Å². The molecule has 4 amide bonds. The summed E-state index contributed by atoms with van der Waals surface area (Å²) in [6.07, 6.45) is 4.47. The number of rotatable bonds is 5. The number of nitrogens with zero attached hydrogens (tertiary/aromatic N) is 4. The summed E-state index contributed by atoms with van der Waals surface area (Å²) in [5.74, 6) is 0.0187. The lowest BCUT2D eigenvalue weighted by Crippen LogP contribution is -2.49. The number of aromatic nitrogens is 2. The lowest BCUT2D eigenvalue weighted by atomic mass is 10.1. The molecule has 0 unspecified atom stereocenters. The molecule has 38 heavy (non-hydrogen) atoms. The Balaban J connectivity index is 1.33. The van der Waals surface area contributed by atoms with Crippen LogP contribution in [0.25, 0.3) is 21.5 Å². The van der Waals surface area contributed by atoms with Crippen LogP contribution in [0.3, 0.4) is 0 Å². The maximum Gasteiger partial charge on any atom is 0.332 e. The number of likely N-dealkylation sites (tertiary alicyclic amines) is 1. The number of carbonyl (C=O) groups is 3. The number of thiophene rings is 1. The fourth-order valence-corrected chi connectivity index (χ4v) is 5.99. The van der Waals surface area contributed by atoms with Crippen molar-refractivity contribution in [1.82, 2.24) is 20.2 Å². The first kappa shape index (κ1) is 23.8. The highest BCUT2D eigenvalue weighted by Gasteiger charge is 2.34. The summed E-state index contributed by atoms with van der Waals surface area (Å²) in [5, 5.41) is 6.65. The van der Waals surface area contributed by atoms with E-state index in [1.165, 1.54) is 22.3 Å². The standard InChI is InChI=1S/C28H24N6O3S/c1-2-22(35)33-15-7-10-18(16-33)30-26(36)25-24-23-20(13-14-29-27(23)38-25)34(28(37)32-24)21-12-6-11-19(31-21)17-8-4-3-5-9-17/h2-6,8-9,11-14,18H,1,7,10,15-16H2,(H,30,36)(H,32,37)/t18-/m1/s1. The lowest BCUT2D eigenvalue weighted by Gasteiger charge is -2.32.